The molecule has 10 heteroatoms. The van der Waals surface area contributed by atoms with Gasteiger partial charge in [0.1, 0.15) is 16.9 Å². The zero-order chi connectivity index (χ0) is 25.0. The van der Waals surface area contributed by atoms with E-state index in [0.717, 1.165) is 29.3 Å². The maximum Gasteiger partial charge on any atom is 0.238 e. The van der Waals surface area contributed by atoms with E-state index in [2.05, 4.69) is 0 Å². The van der Waals surface area contributed by atoms with Crippen LogP contribution in [0.4, 0.5) is 0 Å². The van der Waals surface area contributed by atoms with E-state index in [-0.39, 0.29) is 51.6 Å². The lowest BCUT2D eigenvalue weighted by Gasteiger charge is -2.29. The van der Waals surface area contributed by atoms with Crippen molar-refractivity contribution in [3.8, 4) is 51.6 Å². The van der Waals surface area contributed by atoms with Crippen molar-refractivity contribution in [2.45, 2.75) is 19.5 Å². The standard InChI is InChI=1S/C25H21NO9/c27-15-2-1-12(6-17(15)29)24-23(34)22(33)21-20(32)8-16(28)14(25(21)35-24)10-26-4-3-11-5-18(30)19(31)7-13(11)9-26/h1-2,5-8,27-32,34H,3-4,9-10H2. The molecule has 0 saturated carbocycles. The molecule has 0 saturated heterocycles. The van der Waals surface area contributed by atoms with Crippen molar-refractivity contribution in [1.29, 1.82) is 0 Å². The first-order valence-electron chi connectivity index (χ1n) is 10.7. The quantitative estimate of drug-likeness (QED) is 0.216. The van der Waals surface area contributed by atoms with Crippen LogP contribution in [0.3, 0.4) is 0 Å². The first kappa shape index (κ1) is 22.2. The van der Waals surface area contributed by atoms with E-state index < -0.39 is 28.4 Å². The summed E-state index contributed by atoms with van der Waals surface area (Å²) in [5, 5.41) is 70.2. The summed E-state index contributed by atoms with van der Waals surface area (Å²) in [6.07, 6.45) is 0.558. The minimum Gasteiger partial charge on any atom is -0.507 e. The van der Waals surface area contributed by atoms with Gasteiger partial charge in [-0.3, -0.25) is 9.69 Å². The van der Waals surface area contributed by atoms with Crippen LogP contribution >= 0.6 is 0 Å². The Kier molecular flexibility index (Phi) is 5.10. The maximum absolute atomic E-state index is 13.0. The number of phenolic OH excluding ortho intramolecular Hbond substituents is 6. The van der Waals surface area contributed by atoms with E-state index >= 15 is 0 Å². The van der Waals surface area contributed by atoms with Gasteiger partial charge in [0, 0.05) is 31.3 Å². The molecule has 0 aliphatic carbocycles. The molecular formula is C25H21NO9. The SMILES string of the molecule is O=c1c(O)c(-c2ccc(O)c(O)c2)oc2c(CN3CCc4cc(O)c(O)cc4C3)c(O)cc(O)c12. The number of phenols is 6. The van der Waals surface area contributed by atoms with Crippen LogP contribution in [-0.4, -0.2) is 47.2 Å². The summed E-state index contributed by atoms with van der Waals surface area (Å²) in [5.41, 5.74) is 0.859. The van der Waals surface area contributed by atoms with Gasteiger partial charge in [-0.15, -0.1) is 0 Å². The lowest BCUT2D eigenvalue weighted by atomic mass is 9.98. The minimum atomic E-state index is -0.933. The highest BCUT2D eigenvalue weighted by atomic mass is 16.4. The number of fused-ring (bicyclic) bond motifs is 2. The normalized spacial score (nSPS) is 13.7. The molecule has 0 amide bonds. The molecule has 1 aliphatic heterocycles. The van der Waals surface area contributed by atoms with E-state index in [9.17, 15) is 40.5 Å². The van der Waals surface area contributed by atoms with E-state index in [1.807, 2.05) is 4.90 Å². The number of benzene rings is 3. The summed E-state index contributed by atoms with van der Waals surface area (Å²) in [5.74, 6) is -3.37. The lowest BCUT2D eigenvalue weighted by Crippen LogP contribution is -2.30. The van der Waals surface area contributed by atoms with Gasteiger partial charge < -0.3 is 40.2 Å². The maximum atomic E-state index is 13.0. The van der Waals surface area contributed by atoms with Crippen LogP contribution in [0.25, 0.3) is 22.3 Å². The molecule has 1 aliphatic rings. The third-order valence-electron chi connectivity index (χ3n) is 6.21. The Morgan fingerprint density at radius 3 is 2.17 bits per heavy atom. The van der Waals surface area contributed by atoms with Gasteiger partial charge in [0.25, 0.3) is 0 Å². The molecule has 10 nitrogen and oxygen atoms in total. The van der Waals surface area contributed by atoms with Crippen LogP contribution in [0.2, 0.25) is 0 Å². The Morgan fingerprint density at radius 1 is 0.771 bits per heavy atom. The van der Waals surface area contributed by atoms with Crippen molar-refractivity contribution in [2.75, 3.05) is 6.54 Å². The smallest absolute Gasteiger partial charge is 0.238 e. The molecule has 4 aromatic rings. The van der Waals surface area contributed by atoms with Crippen molar-refractivity contribution in [3.05, 3.63) is 63.3 Å². The topological polar surface area (TPSA) is 175 Å². The summed E-state index contributed by atoms with van der Waals surface area (Å²) in [6, 6.07) is 7.57. The largest absolute Gasteiger partial charge is 0.507 e. The first-order chi connectivity index (χ1) is 16.6. The second-order valence-corrected chi connectivity index (χ2v) is 8.48. The van der Waals surface area contributed by atoms with Crippen LogP contribution in [0.1, 0.15) is 16.7 Å². The Bertz CT molecular complexity index is 1560. The van der Waals surface area contributed by atoms with Crippen molar-refractivity contribution in [1.82, 2.24) is 4.90 Å². The third-order valence-corrected chi connectivity index (χ3v) is 6.21. The van der Waals surface area contributed by atoms with Crippen LogP contribution in [0, 0.1) is 0 Å². The van der Waals surface area contributed by atoms with Crippen LogP contribution in [0.15, 0.2) is 45.6 Å². The third kappa shape index (κ3) is 3.69. The fourth-order valence-electron chi connectivity index (χ4n) is 4.39. The van der Waals surface area contributed by atoms with Crippen LogP contribution < -0.4 is 5.43 Å². The highest BCUT2D eigenvalue weighted by Gasteiger charge is 2.26. The molecule has 0 bridgehead atoms. The van der Waals surface area contributed by atoms with Crippen molar-refractivity contribution in [2.24, 2.45) is 0 Å². The van der Waals surface area contributed by atoms with Gasteiger partial charge in [-0.25, -0.2) is 0 Å². The summed E-state index contributed by atoms with van der Waals surface area (Å²) >= 11 is 0. The molecule has 0 spiro atoms. The van der Waals surface area contributed by atoms with Gasteiger partial charge >= 0.3 is 0 Å². The van der Waals surface area contributed by atoms with Crippen LogP contribution in [0.5, 0.6) is 40.2 Å². The second kappa shape index (κ2) is 8.03. The van der Waals surface area contributed by atoms with Gasteiger partial charge in [-0.1, -0.05) is 0 Å². The summed E-state index contributed by atoms with van der Waals surface area (Å²) in [4.78, 5) is 14.9. The molecule has 3 aromatic carbocycles. The minimum absolute atomic E-state index is 0.0905. The average molecular weight is 479 g/mol. The predicted molar refractivity (Wildman–Crippen MR) is 124 cm³/mol. The van der Waals surface area contributed by atoms with E-state index in [0.29, 0.717) is 19.5 Å². The Balaban J connectivity index is 1.62. The number of nitrogens with zero attached hydrogens (tertiary/aromatic N) is 1. The highest BCUT2D eigenvalue weighted by Crippen LogP contribution is 2.41. The van der Waals surface area contributed by atoms with E-state index in [1.165, 1.54) is 18.2 Å². The molecule has 5 rings (SSSR count). The second-order valence-electron chi connectivity index (χ2n) is 8.48. The molecular weight excluding hydrogens is 458 g/mol. The number of hydrogen-bond donors (Lipinski definition) is 7. The molecule has 2 heterocycles. The molecule has 7 N–H and O–H groups in total. The Hall–Kier alpha value is -4.57. The van der Waals surface area contributed by atoms with Gasteiger partial charge in [0.05, 0.1) is 5.56 Å². The zero-order valence-corrected chi connectivity index (χ0v) is 18.2. The Morgan fingerprint density at radius 2 is 1.46 bits per heavy atom. The average Bonchev–Trinajstić information content (AvgIpc) is 2.81. The number of hydrogen-bond acceptors (Lipinski definition) is 10. The van der Waals surface area contributed by atoms with Gasteiger partial charge in [-0.05, 0) is 47.9 Å². The Labute approximate surface area is 197 Å². The van der Waals surface area contributed by atoms with Crippen LogP contribution in [-0.2, 0) is 19.5 Å². The molecule has 0 radical (unpaired) electrons. The summed E-state index contributed by atoms with van der Waals surface area (Å²) < 4.78 is 5.83. The predicted octanol–water partition coefficient (Wildman–Crippen LogP) is 2.96. The zero-order valence-electron chi connectivity index (χ0n) is 18.2. The van der Waals surface area contributed by atoms with Gasteiger partial charge in [0.15, 0.2) is 34.3 Å². The summed E-state index contributed by atoms with van der Waals surface area (Å²) in [6.45, 7) is 0.990. The molecule has 1 aromatic heterocycles. The van der Waals surface area contributed by atoms with Crippen molar-refractivity contribution < 1.29 is 40.2 Å². The monoisotopic (exact) mass is 479 g/mol. The fourth-order valence-corrected chi connectivity index (χ4v) is 4.39. The molecule has 0 unspecified atom stereocenters. The molecule has 180 valence electrons. The lowest BCUT2D eigenvalue weighted by molar-refractivity contribution is 0.241. The first-order valence-corrected chi connectivity index (χ1v) is 10.7. The summed E-state index contributed by atoms with van der Waals surface area (Å²) in [7, 11) is 0. The highest BCUT2D eigenvalue weighted by molar-refractivity contribution is 5.91. The number of aromatic hydroxyl groups is 7. The van der Waals surface area contributed by atoms with Gasteiger partial charge in [-0.2, -0.15) is 0 Å². The van der Waals surface area contributed by atoms with E-state index in [4.69, 9.17) is 4.42 Å². The van der Waals surface area contributed by atoms with Crippen molar-refractivity contribution in [3.63, 3.8) is 0 Å². The number of rotatable bonds is 3. The van der Waals surface area contributed by atoms with E-state index in [1.54, 1.807) is 0 Å². The molecule has 0 fully saturated rings. The molecule has 0 atom stereocenters. The molecule has 35 heavy (non-hydrogen) atoms. The van der Waals surface area contributed by atoms with Gasteiger partial charge in [0.2, 0.25) is 11.2 Å². The van der Waals surface area contributed by atoms with Crippen molar-refractivity contribution >= 4 is 11.0 Å². The fraction of sp³-hybridized carbons (Fsp3) is 0.160.